The Morgan fingerprint density at radius 1 is 1.11 bits per heavy atom. The molecule has 3 aliphatic carbocycles. The molecule has 6 unspecified atom stereocenters. The van der Waals surface area contributed by atoms with Crippen LogP contribution in [-0.2, 0) is 4.79 Å². The number of hydrogen-bond acceptors (Lipinski definition) is 1. The van der Waals surface area contributed by atoms with E-state index in [0.29, 0.717) is 17.8 Å². The summed E-state index contributed by atoms with van der Waals surface area (Å²) in [6.45, 7) is 9.25. The molecule has 3 fully saturated rings. The monoisotopic (exact) mass is 250 g/mol. The molecular formula is C16H26O2. The maximum atomic E-state index is 12.2. The van der Waals surface area contributed by atoms with E-state index in [0.717, 1.165) is 19.3 Å². The van der Waals surface area contributed by atoms with Crippen molar-refractivity contribution in [2.75, 3.05) is 0 Å². The van der Waals surface area contributed by atoms with Crippen LogP contribution in [0.5, 0.6) is 0 Å². The molecule has 102 valence electrons. The van der Waals surface area contributed by atoms with Gasteiger partial charge in [-0.3, -0.25) is 4.79 Å². The quantitative estimate of drug-likeness (QED) is 0.765. The van der Waals surface area contributed by atoms with Crippen LogP contribution in [-0.4, -0.2) is 11.1 Å². The van der Waals surface area contributed by atoms with E-state index >= 15 is 0 Å². The highest BCUT2D eigenvalue weighted by molar-refractivity contribution is 5.78. The average Bonchev–Trinajstić information content (AvgIpc) is 2.43. The molecule has 3 saturated carbocycles. The molecule has 1 N–H and O–H groups in total. The van der Waals surface area contributed by atoms with Crippen LogP contribution in [0.4, 0.5) is 0 Å². The molecular weight excluding hydrogens is 224 g/mol. The second-order valence-corrected chi connectivity index (χ2v) is 7.83. The van der Waals surface area contributed by atoms with Gasteiger partial charge in [0, 0.05) is 0 Å². The second kappa shape index (κ2) is 3.32. The van der Waals surface area contributed by atoms with Crippen LogP contribution >= 0.6 is 0 Å². The number of aliphatic carboxylic acids is 1. The fraction of sp³-hybridized carbons (Fsp3) is 0.938. The first-order valence-corrected chi connectivity index (χ1v) is 7.53. The highest BCUT2D eigenvalue weighted by atomic mass is 16.4. The fourth-order valence-corrected chi connectivity index (χ4v) is 6.44. The van der Waals surface area contributed by atoms with Crippen LogP contribution in [0, 0.1) is 34.0 Å². The van der Waals surface area contributed by atoms with Crippen molar-refractivity contribution in [3.05, 3.63) is 0 Å². The first-order valence-electron chi connectivity index (χ1n) is 7.53. The Hall–Kier alpha value is -0.530. The third kappa shape index (κ3) is 1.05. The molecule has 4 bridgehead atoms. The second-order valence-electron chi connectivity index (χ2n) is 7.83. The molecule has 0 aliphatic heterocycles. The number of carboxylic acid groups (broad SMARTS) is 1. The van der Waals surface area contributed by atoms with E-state index in [-0.39, 0.29) is 10.8 Å². The van der Waals surface area contributed by atoms with Gasteiger partial charge in [-0.2, -0.15) is 0 Å². The molecule has 2 heteroatoms. The van der Waals surface area contributed by atoms with Crippen molar-refractivity contribution in [2.45, 2.75) is 59.8 Å². The largest absolute Gasteiger partial charge is 0.481 e. The van der Waals surface area contributed by atoms with Gasteiger partial charge in [0.25, 0.3) is 0 Å². The van der Waals surface area contributed by atoms with Crippen LogP contribution in [0.1, 0.15) is 59.8 Å². The van der Waals surface area contributed by atoms with Crippen molar-refractivity contribution in [1.29, 1.82) is 0 Å². The lowest BCUT2D eigenvalue weighted by Crippen LogP contribution is -2.58. The van der Waals surface area contributed by atoms with Crippen molar-refractivity contribution < 1.29 is 9.90 Å². The minimum atomic E-state index is -0.503. The van der Waals surface area contributed by atoms with E-state index in [9.17, 15) is 9.90 Å². The maximum absolute atomic E-state index is 12.2. The molecule has 0 amide bonds. The summed E-state index contributed by atoms with van der Waals surface area (Å²) < 4.78 is 0. The molecule has 6 atom stereocenters. The van der Waals surface area contributed by atoms with Gasteiger partial charge in [0.1, 0.15) is 0 Å². The predicted octanol–water partition coefficient (Wildman–Crippen LogP) is 3.95. The Balaban J connectivity index is 2.24. The molecule has 0 aromatic carbocycles. The summed E-state index contributed by atoms with van der Waals surface area (Å²) in [6.07, 6.45) is 5.59. The summed E-state index contributed by atoms with van der Waals surface area (Å²) in [5.41, 5.74) is -0.139. The van der Waals surface area contributed by atoms with Crippen LogP contribution in [0.3, 0.4) is 0 Å². The number of hydrogen-bond donors (Lipinski definition) is 1. The summed E-state index contributed by atoms with van der Waals surface area (Å²) >= 11 is 0. The Kier molecular flexibility index (Phi) is 2.30. The molecule has 3 aliphatic rings. The molecule has 18 heavy (non-hydrogen) atoms. The lowest BCUT2D eigenvalue weighted by molar-refractivity contribution is -0.184. The van der Waals surface area contributed by atoms with Crippen molar-refractivity contribution >= 4 is 5.97 Å². The zero-order valence-electron chi connectivity index (χ0n) is 12.1. The van der Waals surface area contributed by atoms with E-state index in [4.69, 9.17) is 0 Å². The first kappa shape index (κ1) is 12.5. The van der Waals surface area contributed by atoms with Crippen molar-refractivity contribution in [2.24, 2.45) is 34.0 Å². The summed E-state index contributed by atoms with van der Waals surface area (Å²) in [6, 6.07) is 0. The van der Waals surface area contributed by atoms with Gasteiger partial charge in [-0.05, 0) is 54.3 Å². The minimum absolute atomic E-state index is 0.0167. The maximum Gasteiger partial charge on any atom is 0.310 e. The molecule has 0 heterocycles. The van der Waals surface area contributed by atoms with E-state index < -0.39 is 11.4 Å². The highest BCUT2D eigenvalue weighted by Gasteiger charge is 2.74. The molecule has 0 spiro atoms. The van der Waals surface area contributed by atoms with Gasteiger partial charge < -0.3 is 5.11 Å². The van der Waals surface area contributed by atoms with Gasteiger partial charge in [0.15, 0.2) is 0 Å². The lowest BCUT2D eigenvalue weighted by Gasteiger charge is -2.59. The van der Waals surface area contributed by atoms with E-state index in [2.05, 4.69) is 27.7 Å². The number of carbonyl (C=O) groups is 1. The highest BCUT2D eigenvalue weighted by Crippen LogP contribution is 2.76. The van der Waals surface area contributed by atoms with Gasteiger partial charge in [-0.15, -0.1) is 0 Å². The standard InChI is InChI=1S/C16H26O2/c1-10-11(2)15(4)9-8-14(3)6-5-7-16(15,12(10)14)13(17)18/h10-12H,5-9H2,1-4H3,(H,17,18). The van der Waals surface area contributed by atoms with Crippen molar-refractivity contribution in [1.82, 2.24) is 0 Å². The summed E-state index contributed by atoms with van der Waals surface area (Å²) in [5.74, 6) is 0.985. The van der Waals surface area contributed by atoms with Gasteiger partial charge in [-0.1, -0.05) is 34.1 Å². The predicted molar refractivity (Wildman–Crippen MR) is 71.2 cm³/mol. The van der Waals surface area contributed by atoms with Crippen LogP contribution in [0.2, 0.25) is 0 Å². The van der Waals surface area contributed by atoms with Gasteiger partial charge >= 0.3 is 5.97 Å². The summed E-state index contributed by atoms with van der Waals surface area (Å²) in [4.78, 5) is 12.2. The van der Waals surface area contributed by atoms with Crippen LogP contribution in [0.15, 0.2) is 0 Å². The number of rotatable bonds is 1. The molecule has 3 rings (SSSR count). The average molecular weight is 250 g/mol. The van der Waals surface area contributed by atoms with E-state index in [1.165, 1.54) is 12.8 Å². The number of carboxylic acids is 1. The molecule has 0 saturated heterocycles. The van der Waals surface area contributed by atoms with Gasteiger partial charge in [0.05, 0.1) is 5.41 Å². The van der Waals surface area contributed by atoms with Crippen LogP contribution in [0.25, 0.3) is 0 Å². The lowest BCUT2D eigenvalue weighted by atomic mass is 9.44. The van der Waals surface area contributed by atoms with Crippen molar-refractivity contribution in [3.8, 4) is 0 Å². The Labute approximate surface area is 110 Å². The van der Waals surface area contributed by atoms with Gasteiger partial charge in [-0.25, -0.2) is 0 Å². The molecule has 0 aromatic heterocycles. The summed E-state index contributed by atoms with van der Waals surface area (Å²) in [7, 11) is 0. The summed E-state index contributed by atoms with van der Waals surface area (Å²) in [5, 5.41) is 10.0. The van der Waals surface area contributed by atoms with E-state index in [1.54, 1.807) is 0 Å². The first-order chi connectivity index (χ1) is 8.29. The third-order valence-electron chi connectivity index (χ3n) is 7.54. The minimum Gasteiger partial charge on any atom is -0.481 e. The topological polar surface area (TPSA) is 37.3 Å². The molecule has 0 radical (unpaired) electrons. The Morgan fingerprint density at radius 3 is 2.33 bits per heavy atom. The molecule has 2 nitrogen and oxygen atoms in total. The van der Waals surface area contributed by atoms with Crippen LogP contribution < -0.4 is 0 Å². The Morgan fingerprint density at radius 2 is 1.78 bits per heavy atom. The van der Waals surface area contributed by atoms with E-state index in [1.807, 2.05) is 0 Å². The normalized spacial score (nSPS) is 58.6. The SMILES string of the molecule is CC1C(C)C2(C)CCC3(C)CCCC2(C(=O)O)C13. The zero-order chi connectivity index (χ0) is 13.3. The smallest absolute Gasteiger partial charge is 0.310 e. The van der Waals surface area contributed by atoms with Crippen molar-refractivity contribution in [3.63, 3.8) is 0 Å². The van der Waals surface area contributed by atoms with Gasteiger partial charge in [0.2, 0.25) is 0 Å². The zero-order valence-corrected chi connectivity index (χ0v) is 12.1. The molecule has 0 aromatic rings. The Bertz CT molecular complexity index is 404. The fourth-order valence-electron chi connectivity index (χ4n) is 6.44. The third-order valence-corrected chi connectivity index (χ3v) is 7.54.